The first-order valence-corrected chi connectivity index (χ1v) is 6.40. The Morgan fingerprint density at radius 2 is 2.05 bits per heavy atom. The third kappa shape index (κ3) is 6.47. The molecule has 108 valence electrons. The van der Waals surface area contributed by atoms with Gasteiger partial charge in [0.15, 0.2) is 0 Å². The Hall–Kier alpha value is -1.23. The van der Waals surface area contributed by atoms with E-state index in [9.17, 15) is 18.3 Å². The van der Waals surface area contributed by atoms with E-state index in [1.807, 2.05) is 6.92 Å². The highest BCUT2D eigenvalue weighted by Gasteiger charge is 2.26. The van der Waals surface area contributed by atoms with Crippen LogP contribution in [-0.4, -0.2) is 17.9 Å². The first kappa shape index (κ1) is 15.8. The van der Waals surface area contributed by atoms with Crippen LogP contribution < -0.4 is 4.74 Å². The normalized spacial score (nSPS) is 13.3. The van der Waals surface area contributed by atoms with Gasteiger partial charge in [-0.3, -0.25) is 0 Å². The average molecular weight is 276 g/mol. The lowest BCUT2D eigenvalue weighted by Crippen LogP contribution is -2.08. The van der Waals surface area contributed by atoms with Crippen LogP contribution in [0.5, 0.6) is 5.75 Å². The van der Waals surface area contributed by atoms with Crippen LogP contribution in [0.4, 0.5) is 13.2 Å². The first-order valence-electron chi connectivity index (χ1n) is 6.40. The van der Waals surface area contributed by atoms with Crippen molar-refractivity contribution in [3.63, 3.8) is 0 Å². The molecule has 0 spiro atoms. The number of aliphatic hydroxyl groups excluding tert-OH is 1. The van der Waals surface area contributed by atoms with Crippen molar-refractivity contribution in [2.75, 3.05) is 6.61 Å². The fourth-order valence-corrected chi connectivity index (χ4v) is 1.69. The molecule has 0 radical (unpaired) electrons. The van der Waals surface area contributed by atoms with Crippen molar-refractivity contribution in [3.05, 3.63) is 29.8 Å². The largest absolute Gasteiger partial charge is 0.494 e. The summed E-state index contributed by atoms with van der Waals surface area (Å²) < 4.78 is 41.4. The van der Waals surface area contributed by atoms with Gasteiger partial charge in [0.1, 0.15) is 5.75 Å². The number of ether oxygens (including phenoxy) is 1. The summed E-state index contributed by atoms with van der Waals surface area (Å²) in [6.07, 6.45) is -5.02. The molecule has 0 fully saturated rings. The van der Waals surface area contributed by atoms with Crippen LogP contribution in [0.1, 0.15) is 44.3 Å². The Morgan fingerprint density at radius 1 is 1.32 bits per heavy atom. The summed E-state index contributed by atoms with van der Waals surface area (Å²) in [5.74, 6) is 0.634. The van der Waals surface area contributed by atoms with E-state index in [0.29, 0.717) is 17.9 Å². The maximum atomic E-state index is 12.0. The summed E-state index contributed by atoms with van der Waals surface area (Å²) in [7, 11) is 0. The van der Waals surface area contributed by atoms with Gasteiger partial charge in [0.25, 0.3) is 0 Å². The lowest BCUT2D eigenvalue weighted by Gasteiger charge is -2.13. The molecule has 0 aliphatic rings. The minimum atomic E-state index is -4.16. The molecular formula is C14H19F3O2. The van der Waals surface area contributed by atoms with Crippen molar-refractivity contribution in [1.29, 1.82) is 0 Å². The Kier molecular flexibility index (Phi) is 6.15. The van der Waals surface area contributed by atoms with Crippen molar-refractivity contribution in [3.8, 4) is 5.75 Å². The Labute approximate surface area is 111 Å². The van der Waals surface area contributed by atoms with E-state index in [2.05, 4.69) is 0 Å². The number of hydrogen-bond acceptors (Lipinski definition) is 2. The number of rotatable bonds is 7. The highest BCUT2D eigenvalue weighted by atomic mass is 19.4. The molecule has 0 bridgehead atoms. The molecule has 0 amide bonds. The van der Waals surface area contributed by atoms with Crippen LogP contribution in [0.2, 0.25) is 0 Å². The highest BCUT2D eigenvalue weighted by Crippen LogP contribution is 2.27. The van der Waals surface area contributed by atoms with Crippen molar-refractivity contribution >= 4 is 0 Å². The summed E-state index contributed by atoms with van der Waals surface area (Å²) in [4.78, 5) is 0. The molecule has 0 aliphatic heterocycles. The van der Waals surface area contributed by atoms with E-state index in [1.54, 1.807) is 24.3 Å². The second-order valence-electron chi connectivity index (χ2n) is 4.44. The van der Waals surface area contributed by atoms with Crippen molar-refractivity contribution in [2.45, 2.75) is 44.9 Å². The van der Waals surface area contributed by atoms with Gasteiger partial charge in [-0.25, -0.2) is 0 Å². The first-order chi connectivity index (χ1) is 8.92. The van der Waals surface area contributed by atoms with E-state index >= 15 is 0 Å². The molecule has 5 heteroatoms. The number of halogens is 3. The van der Waals surface area contributed by atoms with Gasteiger partial charge in [-0.2, -0.15) is 13.2 Å². The maximum Gasteiger partial charge on any atom is 0.389 e. The van der Waals surface area contributed by atoms with Crippen molar-refractivity contribution < 1.29 is 23.0 Å². The van der Waals surface area contributed by atoms with E-state index in [1.165, 1.54) is 0 Å². The van der Waals surface area contributed by atoms with Gasteiger partial charge < -0.3 is 9.84 Å². The predicted octanol–water partition coefficient (Wildman–Crippen LogP) is 4.24. The summed E-state index contributed by atoms with van der Waals surface area (Å²) in [5.41, 5.74) is 0.593. The standard InChI is InChI=1S/C14H19F3O2/c1-2-9-19-12-6-3-5-11(10-12)13(18)7-4-8-14(15,16)17/h3,5-6,10,13,18H,2,4,7-9H2,1H3. The monoisotopic (exact) mass is 276 g/mol. The lowest BCUT2D eigenvalue weighted by atomic mass is 10.0. The molecule has 0 aromatic heterocycles. The van der Waals surface area contributed by atoms with Gasteiger partial charge in [-0.1, -0.05) is 19.1 Å². The van der Waals surface area contributed by atoms with Gasteiger partial charge in [0.05, 0.1) is 12.7 Å². The maximum absolute atomic E-state index is 12.0. The molecule has 1 aromatic rings. The second kappa shape index (κ2) is 7.38. The van der Waals surface area contributed by atoms with Gasteiger partial charge >= 0.3 is 6.18 Å². The van der Waals surface area contributed by atoms with Crippen LogP contribution >= 0.6 is 0 Å². The minimum absolute atomic E-state index is 0.0787. The quantitative estimate of drug-likeness (QED) is 0.807. The third-order valence-corrected chi connectivity index (χ3v) is 2.65. The molecule has 1 aromatic carbocycles. The number of alkyl halides is 3. The highest BCUT2D eigenvalue weighted by molar-refractivity contribution is 5.29. The molecule has 0 aliphatic carbocycles. The van der Waals surface area contributed by atoms with Gasteiger partial charge in [-0.15, -0.1) is 0 Å². The fraction of sp³-hybridized carbons (Fsp3) is 0.571. The summed E-state index contributed by atoms with van der Waals surface area (Å²) in [5, 5.41) is 9.84. The van der Waals surface area contributed by atoms with E-state index in [-0.39, 0.29) is 12.8 Å². The molecule has 1 N–H and O–H groups in total. The van der Waals surface area contributed by atoms with Crippen LogP contribution in [0.3, 0.4) is 0 Å². The fourth-order valence-electron chi connectivity index (χ4n) is 1.69. The molecule has 1 atom stereocenters. The lowest BCUT2D eigenvalue weighted by molar-refractivity contribution is -0.136. The van der Waals surface area contributed by atoms with E-state index in [0.717, 1.165) is 6.42 Å². The molecule has 0 saturated carbocycles. The summed E-state index contributed by atoms with van der Waals surface area (Å²) in [6, 6.07) is 6.86. The zero-order valence-corrected chi connectivity index (χ0v) is 10.9. The second-order valence-corrected chi connectivity index (χ2v) is 4.44. The van der Waals surface area contributed by atoms with Gasteiger partial charge in [0.2, 0.25) is 0 Å². The average Bonchev–Trinajstić information content (AvgIpc) is 2.35. The Bertz CT molecular complexity index is 377. The Balaban J connectivity index is 2.49. The zero-order chi connectivity index (χ0) is 14.3. The van der Waals surface area contributed by atoms with E-state index < -0.39 is 18.7 Å². The number of aliphatic hydroxyl groups is 1. The zero-order valence-electron chi connectivity index (χ0n) is 10.9. The Morgan fingerprint density at radius 3 is 2.68 bits per heavy atom. The van der Waals surface area contributed by atoms with Crippen molar-refractivity contribution in [2.24, 2.45) is 0 Å². The van der Waals surface area contributed by atoms with Crippen LogP contribution in [0.25, 0.3) is 0 Å². The minimum Gasteiger partial charge on any atom is -0.494 e. The van der Waals surface area contributed by atoms with E-state index in [4.69, 9.17) is 4.74 Å². The molecule has 0 heterocycles. The molecule has 1 rings (SSSR count). The molecule has 2 nitrogen and oxygen atoms in total. The number of hydrogen-bond donors (Lipinski definition) is 1. The molecule has 19 heavy (non-hydrogen) atoms. The molecule has 1 unspecified atom stereocenters. The van der Waals surface area contributed by atoms with Crippen LogP contribution in [-0.2, 0) is 0 Å². The van der Waals surface area contributed by atoms with Crippen LogP contribution in [0.15, 0.2) is 24.3 Å². The van der Waals surface area contributed by atoms with Gasteiger partial charge in [0, 0.05) is 6.42 Å². The topological polar surface area (TPSA) is 29.5 Å². The molecular weight excluding hydrogens is 257 g/mol. The smallest absolute Gasteiger partial charge is 0.389 e. The SMILES string of the molecule is CCCOc1cccc(C(O)CCCC(F)(F)F)c1. The van der Waals surface area contributed by atoms with Gasteiger partial charge in [-0.05, 0) is 37.0 Å². The predicted molar refractivity (Wildman–Crippen MR) is 67.1 cm³/mol. The molecule has 0 saturated heterocycles. The number of benzene rings is 1. The summed E-state index contributed by atoms with van der Waals surface area (Å²) >= 11 is 0. The summed E-state index contributed by atoms with van der Waals surface area (Å²) in [6.45, 7) is 2.56. The van der Waals surface area contributed by atoms with Crippen molar-refractivity contribution in [1.82, 2.24) is 0 Å². The third-order valence-electron chi connectivity index (χ3n) is 2.65. The van der Waals surface area contributed by atoms with Crippen LogP contribution in [0, 0.1) is 0 Å².